The maximum Gasteiger partial charge on any atom is 0.246 e. The van der Waals surface area contributed by atoms with Crippen LogP contribution in [0.15, 0.2) is 24.3 Å². The second-order valence-corrected chi connectivity index (χ2v) is 6.50. The van der Waals surface area contributed by atoms with Gasteiger partial charge < -0.3 is 5.32 Å². The van der Waals surface area contributed by atoms with Crippen molar-refractivity contribution in [3.05, 3.63) is 24.3 Å². The summed E-state index contributed by atoms with van der Waals surface area (Å²) in [5, 5.41) is 2.84. The molecule has 0 fully saturated rings. The number of carbonyl (C=O) groups excluding carboxylic acids is 2. The summed E-state index contributed by atoms with van der Waals surface area (Å²) >= 11 is 0. The molecule has 0 aliphatic carbocycles. The number of allylic oxidation sites excluding steroid dienone is 1. The van der Waals surface area contributed by atoms with Crippen LogP contribution in [-0.2, 0) is 9.59 Å². The molecule has 0 aliphatic heterocycles. The lowest BCUT2D eigenvalue weighted by molar-refractivity contribution is -0.117. The summed E-state index contributed by atoms with van der Waals surface area (Å²) in [6.45, 7) is 19.3. The number of nitrogens with zero attached hydrogens (tertiary/aromatic N) is 1. The molecule has 0 saturated carbocycles. The Kier molecular flexibility index (Phi) is 8.18. The van der Waals surface area contributed by atoms with Gasteiger partial charge in [0.1, 0.15) is 0 Å². The maximum atomic E-state index is 11.6. The summed E-state index contributed by atoms with van der Waals surface area (Å²) in [6, 6.07) is 0. The third-order valence-corrected chi connectivity index (χ3v) is 3.31. The SMILES string of the molecule is C=C(C)C(=O)CCCN(CCNC(=O)C(=C)C)C(C)(C)C. The molecule has 0 aromatic rings. The van der Waals surface area contributed by atoms with Gasteiger partial charge in [0, 0.05) is 30.6 Å². The lowest BCUT2D eigenvalue weighted by Gasteiger charge is -2.35. The van der Waals surface area contributed by atoms with Crippen molar-refractivity contribution >= 4 is 11.7 Å². The Morgan fingerprint density at radius 2 is 1.62 bits per heavy atom. The van der Waals surface area contributed by atoms with Crippen LogP contribution in [0.5, 0.6) is 0 Å². The second-order valence-electron chi connectivity index (χ2n) is 6.50. The highest BCUT2D eigenvalue weighted by Gasteiger charge is 2.20. The Morgan fingerprint density at radius 3 is 2.05 bits per heavy atom. The van der Waals surface area contributed by atoms with Gasteiger partial charge in [0.15, 0.2) is 5.78 Å². The molecule has 0 spiro atoms. The third kappa shape index (κ3) is 8.45. The van der Waals surface area contributed by atoms with E-state index < -0.39 is 0 Å². The zero-order valence-corrected chi connectivity index (χ0v) is 14.2. The number of hydrogen-bond donors (Lipinski definition) is 1. The molecule has 0 bridgehead atoms. The summed E-state index contributed by atoms with van der Waals surface area (Å²) in [4.78, 5) is 25.3. The summed E-state index contributed by atoms with van der Waals surface area (Å²) in [5.41, 5.74) is 1.13. The van der Waals surface area contributed by atoms with E-state index in [2.05, 4.69) is 44.1 Å². The number of ketones is 1. The molecule has 0 aromatic heterocycles. The normalized spacial score (nSPS) is 11.3. The summed E-state index contributed by atoms with van der Waals surface area (Å²) in [6.07, 6.45) is 1.33. The lowest BCUT2D eigenvalue weighted by Crippen LogP contribution is -2.46. The van der Waals surface area contributed by atoms with Crippen LogP contribution in [0.4, 0.5) is 0 Å². The average Bonchev–Trinajstić information content (AvgIpc) is 2.34. The summed E-state index contributed by atoms with van der Waals surface area (Å²) < 4.78 is 0. The van der Waals surface area contributed by atoms with Gasteiger partial charge in [0.05, 0.1) is 0 Å². The van der Waals surface area contributed by atoms with Crippen LogP contribution < -0.4 is 5.32 Å². The predicted molar refractivity (Wildman–Crippen MR) is 88.2 cm³/mol. The van der Waals surface area contributed by atoms with Crippen molar-refractivity contribution in [2.75, 3.05) is 19.6 Å². The summed E-state index contributed by atoms with van der Waals surface area (Å²) in [5.74, 6) is 0.0146. The molecule has 4 nitrogen and oxygen atoms in total. The Balaban J connectivity index is 4.29. The van der Waals surface area contributed by atoms with Crippen LogP contribution in [0.3, 0.4) is 0 Å². The first-order valence-corrected chi connectivity index (χ1v) is 7.43. The molecule has 120 valence electrons. The lowest BCUT2D eigenvalue weighted by atomic mass is 10.0. The van der Waals surface area contributed by atoms with Crippen LogP contribution in [0.25, 0.3) is 0 Å². The largest absolute Gasteiger partial charge is 0.351 e. The zero-order chi connectivity index (χ0) is 16.6. The first kappa shape index (κ1) is 19.6. The van der Waals surface area contributed by atoms with Gasteiger partial charge >= 0.3 is 0 Å². The highest BCUT2D eigenvalue weighted by atomic mass is 16.1. The molecule has 0 aliphatic rings. The number of amides is 1. The first-order valence-electron chi connectivity index (χ1n) is 7.43. The van der Waals surface area contributed by atoms with E-state index in [0.29, 0.717) is 24.1 Å². The van der Waals surface area contributed by atoms with E-state index in [-0.39, 0.29) is 17.2 Å². The molecule has 0 unspecified atom stereocenters. The molecule has 1 amide bonds. The smallest absolute Gasteiger partial charge is 0.246 e. The molecule has 0 atom stereocenters. The molecule has 0 heterocycles. The Labute approximate surface area is 129 Å². The standard InChI is InChI=1S/C17H30N2O2/c1-13(2)15(20)9-8-11-19(17(5,6)7)12-10-18-16(21)14(3)4/h1,3,8-12H2,2,4-7H3,(H,18,21). The fourth-order valence-corrected chi connectivity index (χ4v) is 1.88. The van der Waals surface area contributed by atoms with Gasteiger partial charge in [-0.1, -0.05) is 13.2 Å². The molecule has 0 saturated heterocycles. The first-order chi connectivity index (χ1) is 9.55. The van der Waals surface area contributed by atoms with Crippen molar-refractivity contribution in [3.63, 3.8) is 0 Å². The van der Waals surface area contributed by atoms with Crippen molar-refractivity contribution in [1.29, 1.82) is 0 Å². The molecular formula is C17H30N2O2. The minimum Gasteiger partial charge on any atom is -0.351 e. The van der Waals surface area contributed by atoms with Gasteiger partial charge in [-0.05, 0) is 53.2 Å². The van der Waals surface area contributed by atoms with Crippen LogP contribution in [0.2, 0.25) is 0 Å². The Hall–Kier alpha value is -1.42. The molecule has 0 rings (SSSR count). The van der Waals surface area contributed by atoms with E-state index in [0.717, 1.165) is 19.5 Å². The van der Waals surface area contributed by atoms with Gasteiger partial charge in [-0.25, -0.2) is 0 Å². The van der Waals surface area contributed by atoms with Crippen LogP contribution >= 0.6 is 0 Å². The number of Topliss-reactive ketones (excluding diaryl/α,β-unsaturated/α-hetero) is 1. The average molecular weight is 294 g/mol. The monoisotopic (exact) mass is 294 g/mol. The third-order valence-electron chi connectivity index (χ3n) is 3.31. The van der Waals surface area contributed by atoms with Crippen LogP contribution in [0, 0.1) is 0 Å². The zero-order valence-electron chi connectivity index (χ0n) is 14.2. The fourth-order valence-electron chi connectivity index (χ4n) is 1.88. The van der Waals surface area contributed by atoms with E-state index in [1.807, 2.05) is 0 Å². The fraction of sp³-hybridized carbons (Fsp3) is 0.647. The number of carbonyl (C=O) groups is 2. The molecule has 4 heteroatoms. The maximum absolute atomic E-state index is 11.6. The van der Waals surface area contributed by atoms with E-state index in [4.69, 9.17) is 0 Å². The van der Waals surface area contributed by atoms with E-state index in [1.165, 1.54) is 0 Å². The van der Waals surface area contributed by atoms with Crippen molar-refractivity contribution in [3.8, 4) is 0 Å². The van der Waals surface area contributed by atoms with Crippen LogP contribution in [0.1, 0.15) is 47.5 Å². The number of rotatable bonds is 9. The molecule has 21 heavy (non-hydrogen) atoms. The summed E-state index contributed by atoms with van der Waals surface area (Å²) in [7, 11) is 0. The van der Waals surface area contributed by atoms with E-state index in [1.54, 1.807) is 13.8 Å². The number of nitrogens with one attached hydrogen (secondary N) is 1. The van der Waals surface area contributed by atoms with Crippen molar-refractivity contribution < 1.29 is 9.59 Å². The Morgan fingerprint density at radius 1 is 1.05 bits per heavy atom. The highest BCUT2D eigenvalue weighted by Crippen LogP contribution is 2.14. The van der Waals surface area contributed by atoms with Gasteiger partial charge in [-0.3, -0.25) is 14.5 Å². The predicted octanol–water partition coefficient (Wildman–Crippen LogP) is 2.70. The second kappa shape index (κ2) is 8.78. The topological polar surface area (TPSA) is 49.4 Å². The molecule has 1 N–H and O–H groups in total. The van der Waals surface area contributed by atoms with Gasteiger partial charge in [0.2, 0.25) is 5.91 Å². The van der Waals surface area contributed by atoms with E-state index >= 15 is 0 Å². The van der Waals surface area contributed by atoms with Crippen molar-refractivity contribution in [2.45, 2.75) is 53.0 Å². The van der Waals surface area contributed by atoms with Gasteiger partial charge in [0.25, 0.3) is 0 Å². The van der Waals surface area contributed by atoms with Crippen molar-refractivity contribution in [2.24, 2.45) is 0 Å². The van der Waals surface area contributed by atoms with Crippen LogP contribution in [-0.4, -0.2) is 41.8 Å². The quantitative estimate of drug-likeness (QED) is 0.665. The minimum atomic E-state index is -0.110. The van der Waals surface area contributed by atoms with Gasteiger partial charge in [-0.2, -0.15) is 0 Å². The Bertz CT molecular complexity index is 374. The minimum absolute atomic E-state index is 0.000221. The molecule has 0 aromatic carbocycles. The molecule has 0 radical (unpaired) electrons. The van der Waals surface area contributed by atoms with Gasteiger partial charge in [-0.15, -0.1) is 0 Å². The highest BCUT2D eigenvalue weighted by molar-refractivity contribution is 5.94. The van der Waals surface area contributed by atoms with E-state index in [9.17, 15) is 9.59 Å². The number of hydrogen-bond acceptors (Lipinski definition) is 3. The van der Waals surface area contributed by atoms with Crippen molar-refractivity contribution in [1.82, 2.24) is 10.2 Å². The molecular weight excluding hydrogens is 264 g/mol.